The molecule has 10 amide bonds. The second kappa shape index (κ2) is 31.7. The summed E-state index contributed by atoms with van der Waals surface area (Å²) in [7, 11) is 1.64. The Morgan fingerprint density at radius 2 is 1.18 bits per heavy atom. The highest BCUT2D eigenvalue weighted by Crippen LogP contribution is 2.15. The SMILES string of the molecule is CC[C@@H](C)[C@@H](NC(=O)CNC(=O)CNC(=O)[C@@H](NC(=O)[C@@H](Cc1ccccc1)NC)[C@@H](C)CC)C(=O)N[C@H](C(=O)N[C@@H](CO)C(=O)N[C@H]1C(=O)NCC(=O)NCC(=O)N[C@@H]([C@@H](C)CC)C(=O)O[C@H]1C)[C@@H](C)CC. The third kappa shape index (κ3) is 20.4. The molecule has 0 aliphatic carbocycles. The Kier molecular flexibility index (Phi) is 27.1. The first-order valence-electron chi connectivity index (χ1n) is 25.0. The fourth-order valence-electron chi connectivity index (χ4n) is 7.36. The van der Waals surface area contributed by atoms with E-state index >= 15 is 0 Å². The molecule has 0 saturated carbocycles. The summed E-state index contributed by atoms with van der Waals surface area (Å²) in [5, 5.41) is 38.2. The largest absolute Gasteiger partial charge is 0.458 e. The van der Waals surface area contributed by atoms with Crippen LogP contribution in [-0.4, -0.2) is 158 Å². The minimum atomic E-state index is -1.72. The van der Waals surface area contributed by atoms with Crippen molar-refractivity contribution in [3.05, 3.63) is 35.9 Å². The maximum Gasteiger partial charge on any atom is 0.329 e. The van der Waals surface area contributed by atoms with Crippen LogP contribution in [-0.2, 0) is 63.9 Å². The lowest BCUT2D eigenvalue weighted by Crippen LogP contribution is -2.62. The van der Waals surface area contributed by atoms with Gasteiger partial charge in [0.15, 0.2) is 0 Å². The van der Waals surface area contributed by atoms with E-state index in [0.29, 0.717) is 32.1 Å². The zero-order valence-electron chi connectivity index (χ0n) is 43.7. The molecule has 1 aliphatic heterocycles. The smallest absolute Gasteiger partial charge is 0.329 e. The standard InChI is InChI=1S/C49H79N11O13/c1-11-26(5)38(58-43(66)32(50-10)20-31-18-16-15-17-19-31)45(68)53-21-34(62)51-23-36(64)56-39(27(6)12-2)48(71)59-40(28(7)13-3)47(70)55-33(25-61)44(67)60-42-30(9)73-49(72)41(29(8)14-4)57-37(65)24-52-35(63)22-54-46(42)69/h15-19,26-30,32-33,38-42,50,61H,11-14,20-25H2,1-10H3,(H,51,62)(H,52,63)(H,53,68)(H,54,69)(H,55,70)(H,56,64)(H,57,65)(H,58,66)(H,59,71)(H,60,67)/t26-,27+,28-,29-,30-,32+,33-,38-,39+,40-,41-,42+/m0/s1. The van der Waals surface area contributed by atoms with Crippen LogP contribution in [0.1, 0.15) is 93.6 Å². The van der Waals surface area contributed by atoms with Crippen LogP contribution in [0.5, 0.6) is 0 Å². The molecule has 1 aromatic rings. The molecule has 0 unspecified atom stereocenters. The zero-order valence-corrected chi connectivity index (χ0v) is 43.7. The highest BCUT2D eigenvalue weighted by molar-refractivity contribution is 5.98. The molecular formula is C49H79N11O13. The van der Waals surface area contributed by atoms with Crippen molar-refractivity contribution >= 4 is 65.0 Å². The number of aliphatic hydroxyl groups is 1. The number of aliphatic hydroxyl groups excluding tert-OH is 1. The summed E-state index contributed by atoms with van der Waals surface area (Å²) >= 11 is 0. The van der Waals surface area contributed by atoms with Crippen LogP contribution in [0.3, 0.4) is 0 Å². The van der Waals surface area contributed by atoms with Crippen molar-refractivity contribution < 1.29 is 62.6 Å². The molecule has 408 valence electrons. The van der Waals surface area contributed by atoms with E-state index in [1.165, 1.54) is 6.92 Å². The van der Waals surface area contributed by atoms with E-state index in [1.54, 1.807) is 55.5 Å². The van der Waals surface area contributed by atoms with E-state index in [-0.39, 0.29) is 5.92 Å². The van der Waals surface area contributed by atoms with Crippen molar-refractivity contribution in [3.8, 4) is 0 Å². The van der Waals surface area contributed by atoms with E-state index in [9.17, 15) is 57.8 Å². The monoisotopic (exact) mass is 1030 g/mol. The Bertz CT molecular complexity index is 2060. The second-order valence-electron chi connectivity index (χ2n) is 18.5. The Balaban J connectivity index is 2.14. The number of cyclic esters (lactones) is 1. The van der Waals surface area contributed by atoms with E-state index in [2.05, 4.69) is 58.5 Å². The second-order valence-corrected chi connectivity index (χ2v) is 18.5. The van der Waals surface area contributed by atoms with Crippen LogP contribution in [0.4, 0.5) is 0 Å². The molecule has 73 heavy (non-hydrogen) atoms. The number of carbonyl (C=O) groups excluding carboxylic acids is 11. The molecule has 24 nitrogen and oxygen atoms in total. The van der Waals surface area contributed by atoms with E-state index in [1.807, 2.05) is 37.3 Å². The number of esters is 1. The van der Waals surface area contributed by atoms with Crippen molar-refractivity contribution in [2.45, 2.75) is 143 Å². The van der Waals surface area contributed by atoms with Crippen LogP contribution in [0.2, 0.25) is 0 Å². The van der Waals surface area contributed by atoms with Gasteiger partial charge in [-0.05, 0) is 49.6 Å². The van der Waals surface area contributed by atoms with Gasteiger partial charge in [-0.25, -0.2) is 4.79 Å². The quantitative estimate of drug-likeness (QED) is 0.0421. The molecule has 0 aromatic heterocycles. The fraction of sp³-hybridized carbons (Fsp3) is 0.653. The molecule has 1 fully saturated rings. The molecule has 12 N–H and O–H groups in total. The molecule has 1 heterocycles. The lowest BCUT2D eigenvalue weighted by molar-refractivity contribution is -0.157. The van der Waals surface area contributed by atoms with Crippen LogP contribution >= 0.6 is 0 Å². The number of rotatable bonds is 26. The van der Waals surface area contributed by atoms with Gasteiger partial charge in [0.25, 0.3) is 0 Å². The van der Waals surface area contributed by atoms with Crippen LogP contribution in [0, 0.1) is 23.7 Å². The van der Waals surface area contributed by atoms with Crippen molar-refractivity contribution in [3.63, 3.8) is 0 Å². The first-order valence-corrected chi connectivity index (χ1v) is 25.0. The van der Waals surface area contributed by atoms with Gasteiger partial charge in [-0.3, -0.25) is 47.9 Å². The van der Waals surface area contributed by atoms with Crippen LogP contribution in [0.25, 0.3) is 0 Å². The lowest BCUT2D eigenvalue weighted by Gasteiger charge is -2.30. The summed E-state index contributed by atoms with van der Waals surface area (Å²) in [5.41, 5.74) is 0.921. The van der Waals surface area contributed by atoms with E-state index < -0.39 is 164 Å². The molecule has 1 aromatic carbocycles. The van der Waals surface area contributed by atoms with Gasteiger partial charge < -0.3 is 68.3 Å². The predicted molar refractivity (Wildman–Crippen MR) is 267 cm³/mol. The number of ether oxygens (including phenoxy) is 1. The summed E-state index contributed by atoms with van der Waals surface area (Å²) in [5.74, 6) is -10.4. The van der Waals surface area contributed by atoms with Crippen molar-refractivity contribution in [2.24, 2.45) is 23.7 Å². The minimum Gasteiger partial charge on any atom is -0.458 e. The predicted octanol–water partition coefficient (Wildman–Crippen LogP) is -2.69. The minimum absolute atomic E-state index is 0.296. The summed E-state index contributed by atoms with van der Waals surface area (Å²) in [6.07, 6.45) is 0.681. The maximum atomic E-state index is 13.9. The normalized spacial score (nSPS) is 20.1. The molecule has 1 aliphatic rings. The Morgan fingerprint density at radius 3 is 1.74 bits per heavy atom. The fourth-order valence-corrected chi connectivity index (χ4v) is 7.36. The number of nitrogens with one attached hydrogen (secondary N) is 11. The van der Waals surface area contributed by atoms with Crippen molar-refractivity contribution in [1.82, 2.24) is 58.5 Å². The van der Waals surface area contributed by atoms with E-state index in [4.69, 9.17) is 4.74 Å². The van der Waals surface area contributed by atoms with Gasteiger partial charge in [-0.2, -0.15) is 0 Å². The van der Waals surface area contributed by atoms with Gasteiger partial charge in [-0.1, -0.05) is 111 Å². The molecule has 0 radical (unpaired) electrons. The van der Waals surface area contributed by atoms with Gasteiger partial charge in [0, 0.05) is 0 Å². The molecule has 0 bridgehead atoms. The van der Waals surface area contributed by atoms with Crippen LogP contribution in [0.15, 0.2) is 30.3 Å². The maximum absolute atomic E-state index is 13.9. The van der Waals surface area contributed by atoms with Gasteiger partial charge in [0.05, 0.1) is 38.8 Å². The number of carbonyl (C=O) groups is 11. The summed E-state index contributed by atoms with van der Waals surface area (Å²) in [4.78, 5) is 146. The Morgan fingerprint density at radius 1 is 0.644 bits per heavy atom. The topological polar surface area (TPSA) is 350 Å². The lowest BCUT2D eigenvalue weighted by atomic mass is 9.94. The first kappa shape index (κ1) is 62.4. The van der Waals surface area contributed by atoms with Gasteiger partial charge in [0.1, 0.15) is 42.4 Å². The van der Waals surface area contributed by atoms with Crippen molar-refractivity contribution in [1.29, 1.82) is 0 Å². The van der Waals surface area contributed by atoms with Crippen molar-refractivity contribution in [2.75, 3.05) is 39.8 Å². The highest BCUT2D eigenvalue weighted by Gasteiger charge is 2.38. The van der Waals surface area contributed by atoms with Gasteiger partial charge >= 0.3 is 5.97 Å². The first-order chi connectivity index (χ1) is 34.5. The van der Waals surface area contributed by atoms with E-state index in [0.717, 1.165) is 5.56 Å². The summed E-state index contributed by atoms with van der Waals surface area (Å²) in [6.45, 7) is 12.0. The number of amides is 10. The number of hydrogen-bond donors (Lipinski definition) is 12. The number of hydrogen-bond acceptors (Lipinski definition) is 14. The third-order valence-corrected chi connectivity index (χ3v) is 13.0. The third-order valence-electron chi connectivity index (χ3n) is 13.0. The van der Waals surface area contributed by atoms with Gasteiger partial charge in [-0.15, -0.1) is 0 Å². The average Bonchev–Trinajstić information content (AvgIpc) is 3.38. The number of likely N-dealkylation sites (N-methyl/N-ethyl adjacent to an activating group) is 1. The number of benzene rings is 1. The van der Waals surface area contributed by atoms with Crippen LogP contribution < -0.4 is 58.5 Å². The highest BCUT2D eigenvalue weighted by atomic mass is 16.5. The Hall–Kier alpha value is -6.69. The summed E-state index contributed by atoms with van der Waals surface area (Å²) < 4.78 is 5.55. The van der Waals surface area contributed by atoms with Gasteiger partial charge in [0.2, 0.25) is 59.1 Å². The summed E-state index contributed by atoms with van der Waals surface area (Å²) in [6, 6.07) is 0.650. The molecule has 0 spiro atoms. The molecule has 2 rings (SSSR count). The molecule has 1 saturated heterocycles. The molecule has 24 heteroatoms. The zero-order chi connectivity index (χ0) is 54.9. The Labute approximate surface area is 427 Å². The molecular weight excluding hydrogens is 951 g/mol. The molecule has 12 atom stereocenters. The average molecular weight is 1030 g/mol.